The minimum atomic E-state index is -4.80. The highest BCUT2D eigenvalue weighted by atomic mass is 19.4. The average Bonchev–Trinajstić information content (AvgIpc) is 3.29. The van der Waals surface area contributed by atoms with Crippen LogP contribution in [0.15, 0.2) is 30.3 Å². The minimum absolute atomic E-state index is 0.0544. The van der Waals surface area contributed by atoms with Gasteiger partial charge in [-0.1, -0.05) is 6.07 Å². The first-order valence-corrected chi connectivity index (χ1v) is 14.3. The first-order chi connectivity index (χ1) is 22.3. The molecule has 6 rings (SSSR count). The average molecular weight is 665 g/mol. The van der Waals surface area contributed by atoms with Gasteiger partial charge >= 0.3 is 18.3 Å². The van der Waals surface area contributed by atoms with Crippen LogP contribution in [-0.2, 0) is 4.74 Å². The van der Waals surface area contributed by atoms with Gasteiger partial charge in [0.25, 0.3) is 0 Å². The summed E-state index contributed by atoms with van der Waals surface area (Å²) >= 11 is 0. The van der Waals surface area contributed by atoms with Crippen LogP contribution in [0.4, 0.5) is 37.0 Å². The van der Waals surface area contributed by atoms with Gasteiger partial charge in [0.15, 0.2) is 36.6 Å². The van der Waals surface area contributed by atoms with Crippen LogP contribution in [0.5, 0.6) is 11.8 Å². The van der Waals surface area contributed by atoms with Crippen LogP contribution >= 0.6 is 0 Å². The fraction of sp³-hybridized carbons (Fsp3) is 0.355. The fourth-order valence-electron chi connectivity index (χ4n) is 6.35. The zero-order valence-corrected chi connectivity index (χ0v) is 24.8. The molecule has 1 N–H and O–H groups in total. The van der Waals surface area contributed by atoms with E-state index in [4.69, 9.17) is 14.2 Å². The molecule has 10 nitrogen and oxygen atoms in total. The third kappa shape index (κ3) is 5.92. The third-order valence-electron chi connectivity index (χ3n) is 8.23. The summed E-state index contributed by atoms with van der Waals surface area (Å²) in [5.41, 5.74) is -1.65. The second kappa shape index (κ2) is 12.1. The van der Waals surface area contributed by atoms with Crippen LogP contribution < -0.4 is 14.4 Å². The maximum Gasteiger partial charge on any atom is 0.422 e. The Kier molecular flexibility index (Phi) is 8.23. The first kappa shape index (κ1) is 32.1. The molecule has 2 aliphatic rings. The SMILES string of the molecule is COCOc1cc(-c2c(C(C)=O)cc3c(N4C[C@H]5CC[C@@H](C4)N5C(=O)O)nc(OCC(F)(F)F)nc3c2F)c2c(F)c(F)ccc2c1. The number of amides is 1. The molecule has 248 valence electrons. The molecule has 0 saturated carbocycles. The Hall–Kier alpha value is -4.86. The third-order valence-corrected chi connectivity index (χ3v) is 8.23. The highest BCUT2D eigenvalue weighted by Gasteiger charge is 2.44. The number of ether oxygens (including phenoxy) is 3. The Labute approximate surface area is 262 Å². The number of fused-ring (bicyclic) bond motifs is 4. The summed E-state index contributed by atoms with van der Waals surface area (Å²) in [6.45, 7) is -0.797. The van der Waals surface area contributed by atoms with Gasteiger partial charge < -0.3 is 24.2 Å². The molecule has 0 unspecified atom stereocenters. The van der Waals surface area contributed by atoms with Crippen molar-refractivity contribution in [3.05, 3.63) is 53.3 Å². The van der Waals surface area contributed by atoms with Gasteiger partial charge in [-0.25, -0.2) is 18.0 Å². The van der Waals surface area contributed by atoms with Gasteiger partial charge in [0.2, 0.25) is 0 Å². The number of anilines is 1. The number of carbonyl (C=O) groups is 2. The van der Waals surface area contributed by atoms with Crippen molar-refractivity contribution in [1.29, 1.82) is 0 Å². The second-order valence-corrected chi connectivity index (χ2v) is 11.3. The molecule has 4 aromatic rings. The molecular formula is C31H26F6N4O6. The molecule has 2 fully saturated rings. The van der Waals surface area contributed by atoms with Crippen LogP contribution in [0, 0.1) is 17.5 Å². The summed E-state index contributed by atoms with van der Waals surface area (Å²) in [5.74, 6) is -4.55. The van der Waals surface area contributed by atoms with E-state index in [9.17, 15) is 32.3 Å². The highest BCUT2D eigenvalue weighted by Crippen LogP contribution is 2.43. The van der Waals surface area contributed by atoms with E-state index in [0.717, 1.165) is 13.0 Å². The fourth-order valence-corrected chi connectivity index (χ4v) is 6.35. The lowest BCUT2D eigenvalue weighted by atomic mass is 9.90. The topological polar surface area (TPSA) is 114 Å². The highest BCUT2D eigenvalue weighted by molar-refractivity contribution is 6.11. The summed E-state index contributed by atoms with van der Waals surface area (Å²) in [5, 5.41) is 9.31. The van der Waals surface area contributed by atoms with Crippen molar-refractivity contribution in [3.8, 4) is 22.9 Å². The maximum absolute atomic E-state index is 16.9. The molecule has 1 aromatic heterocycles. The molecule has 16 heteroatoms. The van der Waals surface area contributed by atoms with E-state index in [-0.39, 0.29) is 58.7 Å². The van der Waals surface area contributed by atoms with Gasteiger partial charge in [-0.2, -0.15) is 23.1 Å². The number of methoxy groups -OCH3 is 1. The molecule has 2 atom stereocenters. The summed E-state index contributed by atoms with van der Waals surface area (Å²) in [6.07, 6.45) is -4.89. The van der Waals surface area contributed by atoms with E-state index in [1.165, 1.54) is 36.3 Å². The molecule has 0 spiro atoms. The normalized spacial score (nSPS) is 17.9. The van der Waals surface area contributed by atoms with Gasteiger partial charge in [0.1, 0.15) is 17.1 Å². The Morgan fingerprint density at radius 2 is 1.70 bits per heavy atom. The zero-order chi connectivity index (χ0) is 33.8. The number of hydrogen-bond donors (Lipinski definition) is 1. The van der Waals surface area contributed by atoms with E-state index >= 15 is 8.78 Å². The molecule has 3 heterocycles. The number of Topliss-reactive ketones (excluding diaryl/α,β-unsaturated/α-hetero) is 1. The number of halogens is 6. The number of nitrogens with zero attached hydrogens (tertiary/aromatic N) is 4. The first-order valence-electron chi connectivity index (χ1n) is 14.3. The standard InChI is InChI=1S/C31H26F6N4O6/c1-14(42)19-9-21-27(26(34)24(19)20-8-18(47-13-45-2)7-15-3-6-22(32)25(33)23(15)20)38-29(46-12-31(35,36)37)39-28(21)40-10-16-4-5-17(11-40)41(16)30(43)44/h3,6-9,16-17H,4-5,10-13H2,1-2H3,(H,43,44)/t16-,17+. The van der Waals surface area contributed by atoms with Crippen molar-refractivity contribution in [3.63, 3.8) is 0 Å². The van der Waals surface area contributed by atoms with Crippen molar-refractivity contribution in [2.24, 2.45) is 0 Å². The minimum Gasteiger partial charge on any atom is -0.468 e. The zero-order valence-electron chi connectivity index (χ0n) is 24.8. The van der Waals surface area contributed by atoms with Crippen LogP contribution in [0.2, 0.25) is 0 Å². The number of aromatic nitrogens is 2. The molecule has 3 aromatic carbocycles. The molecule has 2 bridgehead atoms. The second-order valence-electron chi connectivity index (χ2n) is 11.3. The molecular weight excluding hydrogens is 638 g/mol. The van der Waals surface area contributed by atoms with Gasteiger partial charge in [-0.15, -0.1) is 0 Å². The predicted octanol–water partition coefficient (Wildman–Crippen LogP) is 6.32. The lowest BCUT2D eigenvalue weighted by molar-refractivity contribution is -0.154. The number of alkyl halides is 3. The van der Waals surface area contributed by atoms with Crippen LogP contribution in [0.1, 0.15) is 30.1 Å². The Balaban J connectivity index is 1.62. The Morgan fingerprint density at radius 1 is 1.00 bits per heavy atom. The predicted molar refractivity (Wildman–Crippen MR) is 155 cm³/mol. The molecule has 1 amide bonds. The van der Waals surface area contributed by atoms with Crippen molar-refractivity contribution in [1.82, 2.24) is 14.9 Å². The number of benzene rings is 3. The van der Waals surface area contributed by atoms with Crippen molar-refractivity contribution < 1.29 is 55.2 Å². The van der Waals surface area contributed by atoms with E-state index < -0.39 is 71.3 Å². The lowest BCUT2D eigenvalue weighted by Gasteiger charge is -2.40. The largest absolute Gasteiger partial charge is 0.468 e. The lowest BCUT2D eigenvalue weighted by Crippen LogP contribution is -2.55. The van der Waals surface area contributed by atoms with E-state index in [0.29, 0.717) is 12.8 Å². The molecule has 2 saturated heterocycles. The number of piperazine rings is 1. The number of ketones is 1. The summed E-state index contributed by atoms with van der Waals surface area (Å²) in [7, 11) is 1.34. The number of carboxylic acid groups (broad SMARTS) is 1. The number of hydrogen-bond acceptors (Lipinski definition) is 8. The number of carbonyl (C=O) groups excluding carboxylic acids is 1. The van der Waals surface area contributed by atoms with Crippen LogP contribution in [0.25, 0.3) is 32.8 Å². The van der Waals surface area contributed by atoms with E-state index in [1.54, 1.807) is 4.90 Å². The maximum atomic E-state index is 16.9. The molecule has 47 heavy (non-hydrogen) atoms. The quantitative estimate of drug-likeness (QED) is 0.131. The van der Waals surface area contributed by atoms with Gasteiger partial charge in [-0.05, 0) is 55.0 Å². The number of rotatable bonds is 8. The van der Waals surface area contributed by atoms with Gasteiger partial charge in [-0.3, -0.25) is 9.69 Å². The smallest absolute Gasteiger partial charge is 0.422 e. The van der Waals surface area contributed by atoms with E-state index in [2.05, 4.69) is 9.97 Å². The van der Waals surface area contributed by atoms with E-state index in [1.807, 2.05) is 0 Å². The monoisotopic (exact) mass is 664 g/mol. The molecule has 2 aliphatic heterocycles. The summed E-state index contributed by atoms with van der Waals surface area (Å²) < 4.78 is 102. The van der Waals surface area contributed by atoms with Gasteiger partial charge in [0, 0.05) is 42.1 Å². The summed E-state index contributed by atoms with van der Waals surface area (Å²) in [6, 6.07) is 4.09. The van der Waals surface area contributed by atoms with Crippen molar-refractivity contribution in [2.45, 2.75) is 38.0 Å². The van der Waals surface area contributed by atoms with Crippen molar-refractivity contribution >= 4 is 39.4 Å². The van der Waals surface area contributed by atoms with Gasteiger partial charge in [0.05, 0.1) is 12.1 Å². The molecule has 0 aliphatic carbocycles. The Morgan fingerprint density at radius 3 is 2.32 bits per heavy atom. The van der Waals surface area contributed by atoms with Crippen LogP contribution in [-0.4, -0.2) is 83.7 Å². The molecule has 0 radical (unpaired) electrons. The van der Waals surface area contributed by atoms with Crippen LogP contribution in [0.3, 0.4) is 0 Å². The van der Waals surface area contributed by atoms with Crippen molar-refractivity contribution in [2.75, 3.05) is 38.5 Å². The summed E-state index contributed by atoms with van der Waals surface area (Å²) in [4.78, 5) is 36.0. The Bertz CT molecular complexity index is 1910.